The number of hydrogen-bond acceptors (Lipinski definition) is 3. The van der Waals surface area contributed by atoms with Crippen LogP contribution in [-0.2, 0) is 0 Å². The van der Waals surface area contributed by atoms with Gasteiger partial charge in [0.25, 0.3) is 0 Å². The lowest BCUT2D eigenvalue weighted by molar-refractivity contribution is 0.262. The average Bonchev–Trinajstić information content (AvgIpc) is 2.50. The minimum Gasteiger partial charge on any atom is -0.493 e. The predicted octanol–water partition coefficient (Wildman–Crippen LogP) is 3.80. The molecule has 0 heterocycles. The van der Waals surface area contributed by atoms with Crippen LogP contribution in [0.3, 0.4) is 0 Å². The number of nitrogens with one attached hydrogen (secondary N) is 2. The summed E-state index contributed by atoms with van der Waals surface area (Å²) >= 11 is 0. The summed E-state index contributed by atoms with van der Waals surface area (Å²) in [6.45, 7) is 1.66. The second kappa shape index (κ2) is 6.80. The number of urea groups is 1. The molecular formula is C16H17FN2O3. The fourth-order valence-corrected chi connectivity index (χ4v) is 1.88. The van der Waals surface area contributed by atoms with E-state index in [0.29, 0.717) is 28.4 Å². The summed E-state index contributed by atoms with van der Waals surface area (Å²) in [5.41, 5.74) is 1.43. The Bertz CT molecular complexity index is 689. The summed E-state index contributed by atoms with van der Waals surface area (Å²) in [5, 5.41) is 5.20. The number of amides is 2. The molecule has 0 bridgehead atoms. The van der Waals surface area contributed by atoms with Crippen LogP contribution in [0.1, 0.15) is 5.56 Å². The molecule has 2 rings (SSSR count). The van der Waals surface area contributed by atoms with Crippen LogP contribution in [0.25, 0.3) is 0 Å². The number of aryl methyl sites for hydroxylation is 1. The van der Waals surface area contributed by atoms with Crippen LogP contribution in [0.4, 0.5) is 20.6 Å². The van der Waals surface area contributed by atoms with Crippen molar-refractivity contribution in [2.24, 2.45) is 0 Å². The zero-order valence-corrected chi connectivity index (χ0v) is 12.6. The van der Waals surface area contributed by atoms with Gasteiger partial charge in [-0.05, 0) is 36.8 Å². The molecule has 0 atom stereocenters. The van der Waals surface area contributed by atoms with Crippen molar-refractivity contribution < 1.29 is 18.7 Å². The van der Waals surface area contributed by atoms with Crippen molar-refractivity contribution in [3.05, 3.63) is 47.8 Å². The van der Waals surface area contributed by atoms with Crippen LogP contribution < -0.4 is 20.1 Å². The quantitative estimate of drug-likeness (QED) is 0.903. The van der Waals surface area contributed by atoms with Gasteiger partial charge in [-0.25, -0.2) is 9.18 Å². The third-order valence-electron chi connectivity index (χ3n) is 3.07. The maximum atomic E-state index is 13.4. The maximum absolute atomic E-state index is 13.4. The van der Waals surface area contributed by atoms with Gasteiger partial charge in [-0.15, -0.1) is 0 Å². The summed E-state index contributed by atoms with van der Waals surface area (Å²) in [7, 11) is 3.04. The molecule has 2 aromatic rings. The van der Waals surface area contributed by atoms with Crippen molar-refractivity contribution >= 4 is 17.4 Å². The largest absolute Gasteiger partial charge is 0.493 e. The van der Waals surface area contributed by atoms with E-state index in [0.717, 1.165) is 0 Å². The van der Waals surface area contributed by atoms with Gasteiger partial charge in [-0.3, -0.25) is 0 Å². The molecule has 0 aliphatic rings. The number of carbonyl (C=O) groups is 1. The van der Waals surface area contributed by atoms with E-state index in [-0.39, 0.29) is 5.82 Å². The van der Waals surface area contributed by atoms with Gasteiger partial charge in [0.05, 0.1) is 14.2 Å². The molecule has 0 saturated carbocycles. The lowest BCUT2D eigenvalue weighted by atomic mass is 10.2. The molecule has 116 valence electrons. The molecule has 2 aromatic carbocycles. The van der Waals surface area contributed by atoms with Crippen LogP contribution in [0.15, 0.2) is 36.4 Å². The zero-order chi connectivity index (χ0) is 16.1. The summed E-state index contributed by atoms with van der Waals surface area (Å²) in [6, 6.07) is 9.01. The van der Waals surface area contributed by atoms with Gasteiger partial charge < -0.3 is 20.1 Å². The number of rotatable bonds is 4. The molecule has 0 saturated heterocycles. The molecule has 2 N–H and O–H groups in total. The second-order valence-corrected chi connectivity index (χ2v) is 4.61. The molecule has 0 fully saturated rings. The maximum Gasteiger partial charge on any atom is 0.323 e. The molecule has 6 heteroatoms. The second-order valence-electron chi connectivity index (χ2n) is 4.61. The van der Waals surface area contributed by atoms with Crippen LogP contribution in [-0.4, -0.2) is 20.3 Å². The standard InChI is InChI=1S/C16H17FN2O3/c1-10-4-5-11(8-13(10)17)18-16(20)19-12-6-7-14(21-2)15(9-12)22-3/h4-9H,1-3H3,(H2,18,19,20). The molecular weight excluding hydrogens is 287 g/mol. The van der Waals surface area contributed by atoms with E-state index in [2.05, 4.69) is 10.6 Å². The number of methoxy groups -OCH3 is 2. The summed E-state index contributed by atoms with van der Waals surface area (Å²) < 4.78 is 23.7. The van der Waals surface area contributed by atoms with Crippen molar-refractivity contribution in [3.8, 4) is 11.5 Å². The highest BCUT2D eigenvalue weighted by atomic mass is 19.1. The van der Waals surface area contributed by atoms with Crippen molar-refractivity contribution in [1.82, 2.24) is 0 Å². The molecule has 0 aliphatic carbocycles. The highest BCUT2D eigenvalue weighted by molar-refractivity contribution is 5.99. The van der Waals surface area contributed by atoms with E-state index < -0.39 is 6.03 Å². The van der Waals surface area contributed by atoms with Crippen LogP contribution in [0, 0.1) is 12.7 Å². The number of benzene rings is 2. The number of ether oxygens (including phenoxy) is 2. The monoisotopic (exact) mass is 304 g/mol. The Morgan fingerprint density at radius 3 is 2.14 bits per heavy atom. The number of halogens is 1. The van der Waals surface area contributed by atoms with E-state index in [4.69, 9.17) is 9.47 Å². The third-order valence-corrected chi connectivity index (χ3v) is 3.07. The molecule has 0 unspecified atom stereocenters. The van der Waals surface area contributed by atoms with Crippen molar-refractivity contribution in [2.75, 3.05) is 24.9 Å². The normalized spacial score (nSPS) is 10.0. The van der Waals surface area contributed by atoms with E-state index >= 15 is 0 Å². The van der Waals surface area contributed by atoms with E-state index in [1.165, 1.54) is 20.3 Å². The lowest BCUT2D eigenvalue weighted by Crippen LogP contribution is -2.19. The first-order valence-corrected chi connectivity index (χ1v) is 6.59. The van der Waals surface area contributed by atoms with E-state index in [1.807, 2.05) is 0 Å². The number of anilines is 2. The average molecular weight is 304 g/mol. The molecule has 0 spiro atoms. The van der Waals surface area contributed by atoms with Gasteiger partial charge in [-0.2, -0.15) is 0 Å². The molecule has 0 aromatic heterocycles. The molecule has 2 amide bonds. The lowest BCUT2D eigenvalue weighted by Gasteiger charge is -2.11. The van der Waals surface area contributed by atoms with Crippen molar-refractivity contribution in [2.45, 2.75) is 6.92 Å². The molecule has 5 nitrogen and oxygen atoms in total. The van der Waals surface area contributed by atoms with Gasteiger partial charge in [0.1, 0.15) is 5.82 Å². The first kappa shape index (κ1) is 15.6. The van der Waals surface area contributed by atoms with Crippen LogP contribution in [0.5, 0.6) is 11.5 Å². The van der Waals surface area contributed by atoms with Crippen molar-refractivity contribution in [1.29, 1.82) is 0 Å². The Balaban J connectivity index is 2.07. The Morgan fingerprint density at radius 1 is 0.955 bits per heavy atom. The smallest absolute Gasteiger partial charge is 0.323 e. The van der Waals surface area contributed by atoms with E-state index in [1.54, 1.807) is 37.3 Å². The molecule has 22 heavy (non-hydrogen) atoms. The number of hydrogen-bond donors (Lipinski definition) is 2. The fourth-order valence-electron chi connectivity index (χ4n) is 1.88. The third kappa shape index (κ3) is 3.66. The minimum atomic E-state index is -0.476. The Morgan fingerprint density at radius 2 is 1.55 bits per heavy atom. The first-order chi connectivity index (χ1) is 10.5. The number of carbonyl (C=O) groups excluding carboxylic acids is 1. The SMILES string of the molecule is COc1ccc(NC(=O)Nc2ccc(C)c(F)c2)cc1OC. The Labute approximate surface area is 128 Å². The molecule has 0 radical (unpaired) electrons. The van der Waals surface area contributed by atoms with E-state index in [9.17, 15) is 9.18 Å². The Kier molecular flexibility index (Phi) is 4.83. The van der Waals surface area contributed by atoms with Crippen LogP contribution >= 0.6 is 0 Å². The predicted molar refractivity (Wildman–Crippen MR) is 83.3 cm³/mol. The molecule has 0 aliphatic heterocycles. The highest BCUT2D eigenvalue weighted by Crippen LogP contribution is 2.29. The van der Waals surface area contributed by atoms with Gasteiger partial charge in [-0.1, -0.05) is 6.07 Å². The van der Waals surface area contributed by atoms with Crippen molar-refractivity contribution in [3.63, 3.8) is 0 Å². The zero-order valence-electron chi connectivity index (χ0n) is 12.6. The topological polar surface area (TPSA) is 59.6 Å². The highest BCUT2D eigenvalue weighted by Gasteiger charge is 2.08. The summed E-state index contributed by atoms with van der Waals surface area (Å²) in [5.74, 6) is 0.694. The van der Waals surface area contributed by atoms with Gasteiger partial charge in [0.2, 0.25) is 0 Å². The van der Waals surface area contributed by atoms with Gasteiger partial charge >= 0.3 is 6.03 Å². The van der Waals surface area contributed by atoms with Gasteiger partial charge in [0, 0.05) is 17.4 Å². The van der Waals surface area contributed by atoms with Gasteiger partial charge in [0.15, 0.2) is 11.5 Å². The summed E-state index contributed by atoms with van der Waals surface area (Å²) in [6.07, 6.45) is 0. The summed E-state index contributed by atoms with van der Waals surface area (Å²) in [4.78, 5) is 11.9. The fraction of sp³-hybridized carbons (Fsp3) is 0.188. The minimum absolute atomic E-state index is 0.371. The van der Waals surface area contributed by atoms with Crippen LogP contribution in [0.2, 0.25) is 0 Å². The first-order valence-electron chi connectivity index (χ1n) is 6.59. The Hall–Kier alpha value is -2.76.